The lowest BCUT2D eigenvalue weighted by molar-refractivity contribution is -0.384. The van der Waals surface area contributed by atoms with Gasteiger partial charge < -0.3 is 16.2 Å². The first-order valence-corrected chi connectivity index (χ1v) is 6.78. The van der Waals surface area contributed by atoms with Crippen molar-refractivity contribution in [1.29, 1.82) is 0 Å². The quantitative estimate of drug-likeness (QED) is 0.561. The lowest BCUT2D eigenvalue weighted by Crippen LogP contribution is -2.15. The summed E-state index contributed by atoms with van der Waals surface area (Å²) in [5.74, 6) is -0.224. The maximum absolute atomic E-state index is 10.6. The molecule has 0 radical (unpaired) electrons. The fraction of sp³-hybridized carbons (Fsp3) is 0.167. The van der Waals surface area contributed by atoms with Crippen LogP contribution in [0.1, 0.15) is 11.7 Å². The summed E-state index contributed by atoms with van der Waals surface area (Å²) in [6, 6.07) is 4.87. The number of aromatic nitrogens is 2. The van der Waals surface area contributed by atoms with Crippen LogP contribution in [0.15, 0.2) is 24.4 Å². The molecule has 0 spiro atoms. The lowest BCUT2D eigenvalue weighted by atomic mass is 10.1. The number of nitrogens with one attached hydrogen (secondary N) is 1. The van der Waals surface area contributed by atoms with Crippen LogP contribution in [0.25, 0.3) is 0 Å². The van der Waals surface area contributed by atoms with Gasteiger partial charge in [-0.05, 0) is 12.1 Å². The molecule has 8 nitrogen and oxygen atoms in total. The summed E-state index contributed by atoms with van der Waals surface area (Å²) in [5, 5.41) is 24.1. The monoisotopic (exact) mass is 343 g/mol. The predicted molar refractivity (Wildman–Crippen MR) is 83.0 cm³/mol. The first kappa shape index (κ1) is 16.2. The van der Waals surface area contributed by atoms with E-state index in [0.717, 1.165) is 6.20 Å². The molecule has 1 atom stereocenters. The van der Waals surface area contributed by atoms with Gasteiger partial charge in [0.25, 0.3) is 0 Å². The van der Waals surface area contributed by atoms with E-state index in [-0.39, 0.29) is 24.0 Å². The van der Waals surface area contributed by atoms with E-state index in [0.29, 0.717) is 15.6 Å². The van der Waals surface area contributed by atoms with E-state index in [4.69, 9.17) is 28.9 Å². The number of nitro groups is 1. The van der Waals surface area contributed by atoms with Gasteiger partial charge in [0, 0.05) is 22.2 Å². The second-order valence-corrected chi connectivity index (χ2v) is 5.07. The number of nitrogens with two attached hydrogens (primary N) is 1. The SMILES string of the molecule is Nc1nc(NCC(O)c2c(Cl)cccc2Cl)ncc1[N+](=O)[O-]. The van der Waals surface area contributed by atoms with Gasteiger partial charge in [-0.2, -0.15) is 4.98 Å². The highest BCUT2D eigenvalue weighted by molar-refractivity contribution is 6.36. The summed E-state index contributed by atoms with van der Waals surface area (Å²) < 4.78 is 0. The average molecular weight is 344 g/mol. The highest BCUT2D eigenvalue weighted by Gasteiger charge is 2.17. The molecule has 10 heteroatoms. The number of aliphatic hydroxyl groups excluding tert-OH is 1. The third-order valence-corrected chi connectivity index (χ3v) is 3.44. The Morgan fingerprint density at radius 3 is 2.59 bits per heavy atom. The second kappa shape index (κ2) is 6.73. The Bertz CT molecular complexity index is 693. The van der Waals surface area contributed by atoms with Crippen LogP contribution >= 0.6 is 23.2 Å². The molecule has 0 saturated carbocycles. The van der Waals surface area contributed by atoms with Crippen molar-refractivity contribution in [2.75, 3.05) is 17.6 Å². The summed E-state index contributed by atoms with van der Waals surface area (Å²) in [4.78, 5) is 17.4. The minimum atomic E-state index is -1.01. The average Bonchev–Trinajstić information content (AvgIpc) is 2.44. The van der Waals surface area contributed by atoms with Crippen LogP contribution in [0, 0.1) is 10.1 Å². The van der Waals surface area contributed by atoms with Gasteiger partial charge in [0.05, 0.1) is 11.0 Å². The van der Waals surface area contributed by atoms with E-state index in [1.165, 1.54) is 0 Å². The van der Waals surface area contributed by atoms with Crippen LogP contribution in [0.2, 0.25) is 10.0 Å². The van der Waals surface area contributed by atoms with E-state index in [1.807, 2.05) is 0 Å². The Labute approximate surface area is 135 Å². The molecule has 22 heavy (non-hydrogen) atoms. The largest absolute Gasteiger partial charge is 0.386 e. The van der Waals surface area contributed by atoms with Crippen molar-refractivity contribution in [2.24, 2.45) is 0 Å². The number of benzene rings is 1. The van der Waals surface area contributed by atoms with Gasteiger partial charge in [-0.3, -0.25) is 10.1 Å². The summed E-state index contributed by atoms with van der Waals surface area (Å²) >= 11 is 12.0. The Balaban J connectivity index is 2.10. The van der Waals surface area contributed by atoms with Crippen LogP contribution in [-0.2, 0) is 0 Å². The minimum Gasteiger partial charge on any atom is -0.386 e. The number of aliphatic hydroxyl groups is 1. The van der Waals surface area contributed by atoms with Gasteiger partial charge in [-0.15, -0.1) is 0 Å². The molecule has 0 fully saturated rings. The second-order valence-electron chi connectivity index (χ2n) is 4.25. The minimum absolute atomic E-state index is 0.000699. The van der Waals surface area contributed by atoms with Crippen LogP contribution in [0.3, 0.4) is 0 Å². The molecule has 0 aliphatic rings. The maximum Gasteiger partial charge on any atom is 0.329 e. The molecule has 0 saturated heterocycles. The van der Waals surface area contributed by atoms with E-state index in [1.54, 1.807) is 18.2 Å². The third kappa shape index (κ3) is 3.53. The highest BCUT2D eigenvalue weighted by Crippen LogP contribution is 2.30. The first-order valence-electron chi connectivity index (χ1n) is 6.03. The van der Waals surface area contributed by atoms with Crippen molar-refractivity contribution < 1.29 is 10.0 Å². The van der Waals surface area contributed by atoms with Crippen LogP contribution < -0.4 is 11.1 Å². The highest BCUT2D eigenvalue weighted by atomic mass is 35.5. The molecular formula is C12H11Cl2N5O3. The Morgan fingerprint density at radius 2 is 2.05 bits per heavy atom. The van der Waals surface area contributed by atoms with Gasteiger partial charge in [-0.25, -0.2) is 4.98 Å². The molecule has 0 bridgehead atoms. The number of halogens is 2. The van der Waals surface area contributed by atoms with Crippen LogP contribution in [0.5, 0.6) is 0 Å². The zero-order chi connectivity index (χ0) is 16.3. The summed E-state index contributed by atoms with van der Waals surface area (Å²) in [6.07, 6.45) is -0.0271. The standard InChI is InChI=1S/C12H11Cl2N5O3/c13-6-2-1-3-7(14)10(6)9(20)5-17-12-16-4-8(19(21)22)11(15)18-12/h1-4,9,20H,5H2,(H3,15,16,17,18). The predicted octanol–water partition coefficient (Wildman–Crippen LogP) is 2.42. The molecular weight excluding hydrogens is 333 g/mol. The zero-order valence-electron chi connectivity index (χ0n) is 11.0. The van der Waals surface area contributed by atoms with Gasteiger partial charge in [0.15, 0.2) is 0 Å². The first-order chi connectivity index (χ1) is 10.4. The molecule has 2 rings (SSSR count). The van der Waals surface area contributed by atoms with Gasteiger partial charge in [0.1, 0.15) is 6.20 Å². The van der Waals surface area contributed by atoms with Crippen molar-refractivity contribution in [1.82, 2.24) is 9.97 Å². The van der Waals surface area contributed by atoms with E-state index in [2.05, 4.69) is 15.3 Å². The van der Waals surface area contributed by atoms with Gasteiger partial charge >= 0.3 is 5.69 Å². The van der Waals surface area contributed by atoms with Gasteiger partial charge in [-0.1, -0.05) is 29.3 Å². The van der Waals surface area contributed by atoms with Crippen LogP contribution in [-0.4, -0.2) is 26.5 Å². The van der Waals surface area contributed by atoms with Crippen LogP contribution in [0.4, 0.5) is 17.5 Å². The molecule has 0 amide bonds. The van der Waals surface area contributed by atoms with E-state index < -0.39 is 11.0 Å². The van der Waals surface area contributed by atoms with Crippen molar-refractivity contribution in [2.45, 2.75) is 6.10 Å². The number of hydrogen-bond donors (Lipinski definition) is 3. The number of rotatable bonds is 5. The summed E-state index contributed by atoms with van der Waals surface area (Å²) in [5.41, 5.74) is 5.43. The Kier molecular flexibility index (Phi) is 4.96. The molecule has 116 valence electrons. The fourth-order valence-corrected chi connectivity index (χ4v) is 2.38. The smallest absolute Gasteiger partial charge is 0.329 e. The molecule has 1 heterocycles. The summed E-state index contributed by atoms with van der Waals surface area (Å²) in [7, 11) is 0. The van der Waals surface area contributed by atoms with Crippen molar-refractivity contribution in [3.63, 3.8) is 0 Å². The molecule has 1 aromatic heterocycles. The number of anilines is 2. The van der Waals surface area contributed by atoms with Crippen molar-refractivity contribution >= 4 is 40.7 Å². The fourth-order valence-electron chi connectivity index (χ4n) is 1.73. The van der Waals surface area contributed by atoms with Gasteiger partial charge in [0.2, 0.25) is 11.8 Å². The van der Waals surface area contributed by atoms with Crippen molar-refractivity contribution in [3.8, 4) is 0 Å². The topological polar surface area (TPSA) is 127 Å². The number of nitrogen functional groups attached to an aromatic ring is 1. The molecule has 4 N–H and O–H groups in total. The Morgan fingerprint density at radius 1 is 1.41 bits per heavy atom. The normalized spacial score (nSPS) is 12.0. The van der Waals surface area contributed by atoms with Crippen molar-refractivity contribution in [3.05, 3.63) is 50.1 Å². The molecule has 0 aliphatic carbocycles. The molecule has 1 aromatic carbocycles. The number of nitrogens with zero attached hydrogens (tertiary/aromatic N) is 3. The maximum atomic E-state index is 10.6. The molecule has 1 unspecified atom stereocenters. The Hall–Kier alpha value is -2.16. The third-order valence-electron chi connectivity index (χ3n) is 2.78. The zero-order valence-corrected chi connectivity index (χ0v) is 12.5. The summed E-state index contributed by atoms with van der Waals surface area (Å²) in [6.45, 7) is 0.000699. The van der Waals surface area contributed by atoms with E-state index in [9.17, 15) is 15.2 Å². The lowest BCUT2D eigenvalue weighted by Gasteiger charge is -2.15. The van der Waals surface area contributed by atoms with E-state index >= 15 is 0 Å². The molecule has 2 aromatic rings. The molecule has 0 aliphatic heterocycles. The number of hydrogen-bond acceptors (Lipinski definition) is 7.